The lowest BCUT2D eigenvalue weighted by molar-refractivity contribution is -0.127. The third-order valence-electron chi connectivity index (χ3n) is 4.88. The van der Waals surface area contributed by atoms with Gasteiger partial charge in [-0.05, 0) is 54.6 Å². The second-order valence-electron chi connectivity index (χ2n) is 7.06. The van der Waals surface area contributed by atoms with E-state index in [0.717, 1.165) is 4.90 Å². The van der Waals surface area contributed by atoms with Crippen molar-refractivity contribution in [2.75, 3.05) is 11.9 Å². The summed E-state index contributed by atoms with van der Waals surface area (Å²) in [7, 11) is 0. The van der Waals surface area contributed by atoms with Gasteiger partial charge in [-0.2, -0.15) is 0 Å². The van der Waals surface area contributed by atoms with Gasteiger partial charge in [-0.25, -0.2) is 18.9 Å². The minimum Gasteiger partial charge on any atom is -0.478 e. The van der Waals surface area contributed by atoms with E-state index in [1.54, 1.807) is 35.0 Å². The van der Waals surface area contributed by atoms with Crippen molar-refractivity contribution in [2.24, 2.45) is 0 Å². The molecular formula is C23H17FN4O5. The molecule has 0 aliphatic carbocycles. The highest BCUT2D eigenvalue weighted by Crippen LogP contribution is 2.19. The Hall–Kier alpha value is -4.73. The SMILES string of the molecule is O=C(CN1C(=O)NC(=Cc2cccn2-c2ccc(C(=O)O)cc2)C1=O)Nc1ccccc1F. The third kappa shape index (κ3) is 4.49. The number of carbonyl (C=O) groups excluding carboxylic acids is 3. The Morgan fingerprint density at radius 2 is 1.76 bits per heavy atom. The van der Waals surface area contributed by atoms with Gasteiger partial charge >= 0.3 is 12.0 Å². The molecule has 1 aliphatic heterocycles. The van der Waals surface area contributed by atoms with E-state index in [1.165, 1.54) is 42.5 Å². The lowest BCUT2D eigenvalue weighted by Gasteiger charge is -2.12. The molecule has 3 aromatic rings. The monoisotopic (exact) mass is 448 g/mol. The molecule has 4 rings (SSSR count). The molecule has 4 amide bonds. The normalized spacial score (nSPS) is 14.5. The van der Waals surface area contributed by atoms with Crippen molar-refractivity contribution in [2.45, 2.75) is 0 Å². The van der Waals surface area contributed by atoms with Gasteiger partial charge in [-0.1, -0.05) is 12.1 Å². The molecule has 1 aliphatic rings. The molecule has 1 fully saturated rings. The van der Waals surface area contributed by atoms with E-state index in [4.69, 9.17) is 5.11 Å². The van der Waals surface area contributed by atoms with E-state index in [-0.39, 0.29) is 16.9 Å². The van der Waals surface area contributed by atoms with Crippen LogP contribution in [0.1, 0.15) is 16.1 Å². The van der Waals surface area contributed by atoms with Gasteiger partial charge in [0, 0.05) is 17.6 Å². The van der Waals surface area contributed by atoms with Crippen LogP contribution in [0.15, 0.2) is 72.6 Å². The smallest absolute Gasteiger partial charge is 0.335 e. The van der Waals surface area contributed by atoms with Gasteiger partial charge in [0.05, 0.1) is 11.3 Å². The van der Waals surface area contributed by atoms with Gasteiger partial charge in [0.1, 0.15) is 18.1 Å². The number of aromatic nitrogens is 1. The zero-order valence-corrected chi connectivity index (χ0v) is 17.0. The predicted octanol–water partition coefficient (Wildman–Crippen LogP) is 2.85. The molecule has 2 heterocycles. The van der Waals surface area contributed by atoms with Crippen LogP contribution < -0.4 is 10.6 Å². The van der Waals surface area contributed by atoms with Gasteiger partial charge in [-0.3, -0.25) is 9.59 Å². The quantitative estimate of drug-likeness (QED) is 0.396. The van der Waals surface area contributed by atoms with Gasteiger partial charge in [-0.15, -0.1) is 0 Å². The van der Waals surface area contributed by atoms with Crippen molar-refractivity contribution in [1.29, 1.82) is 0 Å². The van der Waals surface area contributed by atoms with Crippen LogP contribution in [0.25, 0.3) is 11.8 Å². The van der Waals surface area contributed by atoms with E-state index in [1.807, 2.05) is 0 Å². The average Bonchev–Trinajstić information content (AvgIpc) is 3.35. The summed E-state index contributed by atoms with van der Waals surface area (Å²) in [5.41, 5.74) is 1.22. The number of hydrogen-bond donors (Lipinski definition) is 3. The molecular weight excluding hydrogens is 431 g/mol. The summed E-state index contributed by atoms with van der Waals surface area (Å²) in [6.45, 7) is -0.589. The van der Waals surface area contributed by atoms with Crippen LogP contribution in [0.2, 0.25) is 0 Å². The van der Waals surface area contributed by atoms with Crippen LogP contribution in [0.5, 0.6) is 0 Å². The number of aromatic carboxylic acids is 1. The predicted molar refractivity (Wildman–Crippen MR) is 116 cm³/mol. The zero-order chi connectivity index (χ0) is 23.5. The number of carboxylic acids is 1. The first-order valence-corrected chi connectivity index (χ1v) is 9.73. The Kier molecular flexibility index (Phi) is 5.73. The van der Waals surface area contributed by atoms with Crippen LogP contribution >= 0.6 is 0 Å². The fourth-order valence-corrected chi connectivity index (χ4v) is 3.27. The molecule has 0 atom stereocenters. The summed E-state index contributed by atoms with van der Waals surface area (Å²) < 4.78 is 15.4. The molecule has 9 nitrogen and oxygen atoms in total. The number of nitrogens with zero attached hydrogens (tertiary/aromatic N) is 2. The van der Waals surface area contributed by atoms with E-state index in [2.05, 4.69) is 10.6 Å². The number of carbonyl (C=O) groups is 4. The Bertz CT molecular complexity index is 1300. The summed E-state index contributed by atoms with van der Waals surface area (Å²) in [5, 5.41) is 13.8. The van der Waals surface area contributed by atoms with Gasteiger partial charge in [0.2, 0.25) is 5.91 Å². The van der Waals surface area contributed by atoms with E-state index in [9.17, 15) is 23.6 Å². The Labute approximate surface area is 186 Å². The number of anilines is 1. The molecule has 3 N–H and O–H groups in total. The number of carboxylic acid groups (broad SMARTS) is 1. The number of imide groups is 1. The molecule has 1 saturated heterocycles. The number of rotatable bonds is 6. The average molecular weight is 448 g/mol. The Morgan fingerprint density at radius 1 is 1.03 bits per heavy atom. The molecule has 0 radical (unpaired) electrons. The molecule has 166 valence electrons. The van der Waals surface area contributed by atoms with Crippen LogP contribution in [0, 0.1) is 5.82 Å². The first-order valence-electron chi connectivity index (χ1n) is 9.73. The number of para-hydroxylation sites is 1. The molecule has 0 spiro atoms. The second-order valence-corrected chi connectivity index (χ2v) is 7.06. The standard InChI is InChI=1S/C23H17FN4O5/c24-17-5-1-2-6-18(17)25-20(29)13-28-21(30)19(26-23(28)33)12-16-4-3-11-27(16)15-9-7-14(8-10-15)22(31)32/h1-12H,13H2,(H,25,29)(H,26,33)(H,31,32). The van der Waals surface area contributed by atoms with Gasteiger partial charge in [0.15, 0.2) is 0 Å². The van der Waals surface area contributed by atoms with E-state index in [0.29, 0.717) is 11.4 Å². The summed E-state index contributed by atoms with van der Waals surface area (Å²) in [6.07, 6.45) is 3.16. The summed E-state index contributed by atoms with van der Waals surface area (Å²) in [5.74, 6) is -3.13. The summed E-state index contributed by atoms with van der Waals surface area (Å²) in [6, 6.07) is 14.3. The molecule has 0 bridgehead atoms. The zero-order valence-electron chi connectivity index (χ0n) is 17.0. The van der Waals surface area contributed by atoms with Crippen molar-refractivity contribution in [3.63, 3.8) is 0 Å². The van der Waals surface area contributed by atoms with E-state index < -0.39 is 36.2 Å². The van der Waals surface area contributed by atoms with Crippen LogP contribution in [0.3, 0.4) is 0 Å². The third-order valence-corrected chi connectivity index (χ3v) is 4.88. The highest BCUT2D eigenvalue weighted by Gasteiger charge is 2.35. The fraction of sp³-hybridized carbons (Fsp3) is 0.0435. The maximum Gasteiger partial charge on any atom is 0.335 e. The first kappa shape index (κ1) is 21.5. The highest BCUT2D eigenvalue weighted by molar-refractivity contribution is 6.15. The number of benzene rings is 2. The molecule has 1 aromatic heterocycles. The Balaban J connectivity index is 1.51. The fourth-order valence-electron chi connectivity index (χ4n) is 3.27. The summed E-state index contributed by atoms with van der Waals surface area (Å²) >= 11 is 0. The second kappa shape index (κ2) is 8.79. The van der Waals surface area contributed by atoms with Gasteiger partial charge in [0.25, 0.3) is 5.91 Å². The molecule has 33 heavy (non-hydrogen) atoms. The van der Waals surface area contributed by atoms with Crippen LogP contribution in [0.4, 0.5) is 14.9 Å². The minimum absolute atomic E-state index is 0.0409. The number of urea groups is 1. The summed E-state index contributed by atoms with van der Waals surface area (Å²) in [4.78, 5) is 49.0. The maximum absolute atomic E-state index is 13.7. The topological polar surface area (TPSA) is 121 Å². The van der Waals surface area contributed by atoms with Crippen molar-refractivity contribution < 1.29 is 28.7 Å². The maximum atomic E-state index is 13.7. The number of halogens is 1. The lowest BCUT2D eigenvalue weighted by Crippen LogP contribution is -2.38. The number of amides is 4. The number of nitrogens with one attached hydrogen (secondary N) is 2. The molecule has 2 aromatic carbocycles. The first-order chi connectivity index (χ1) is 15.8. The van der Waals surface area contributed by atoms with Crippen molar-refractivity contribution >= 4 is 35.6 Å². The Morgan fingerprint density at radius 3 is 2.45 bits per heavy atom. The van der Waals surface area contributed by atoms with Crippen LogP contribution in [-0.4, -0.2) is 44.9 Å². The minimum atomic E-state index is -1.05. The highest BCUT2D eigenvalue weighted by atomic mass is 19.1. The largest absolute Gasteiger partial charge is 0.478 e. The van der Waals surface area contributed by atoms with Gasteiger partial charge < -0.3 is 20.3 Å². The molecule has 0 saturated carbocycles. The van der Waals surface area contributed by atoms with E-state index >= 15 is 0 Å². The number of hydrogen-bond acceptors (Lipinski definition) is 4. The lowest BCUT2D eigenvalue weighted by atomic mass is 10.2. The van der Waals surface area contributed by atoms with Crippen LogP contribution in [-0.2, 0) is 9.59 Å². The molecule has 10 heteroatoms. The molecule has 0 unspecified atom stereocenters. The van der Waals surface area contributed by atoms with Crippen molar-refractivity contribution in [1.82, 2.24) is 14.8 Å². The van der Waals surface area contributed by atoms with Crippen molar-refractivity contribution in [3.8, 4) is 5.69 Å². The van der Waals surface area contributed by atoms with Crippen molar-refractivity contribution in [3.05, 3.63) is 89.6 Å².